The van der Waals surface area contributed by atoms with E-state index in [9.17, 15) is 9.90 Å². The van der Waals surface area contributed by atoms with Gasteiger partial charge in [-0.3, -0.25) is 4.79 Å². The summed E-state index contributed by atoms with van der Waals surface area (Å²) >= 11 is 0. The minimum atomic E-state index is -0.699. The van der Waals surface area contributed by atoms with Crippen LogP contribution in [0.2, 0.25) is 0 Å². The largest absolute Gasteiger partial charge is 0.388 e. The van der Waals surface area contributed by atoms with E-state index in [0.29, 0.717) is 12.1 Å². The van der Waals surface area contributed by atoms with Gasteiger partial charge in [-0.1, -0.05) is 31.0 Å². The molecular weight excluding hydrogens is 264 g/mol. The van der Waals surface area contributed by atoms with Gasteiger partial charge in [0, 0.05) is 37.7 Å². The molecule has 1 aromatic heterocycles. The number of para-hydroxylation sites is 1. The molecule has 0 spiro atoms. The van der Waals surface area contributed by atoms with Crippen molar-refractivity contribution < 1.29 is 9.90 Å². The molecule has 0 bridgehead atoms. The highest BCUT2D eigenvalue weighted by molar-refractivity contribution is 6.06. The van der Waals surface area contributed by atoms with Gasteiger partial charge in [-0.15, -0.1) is 0 Å². The molecule has 1 fully saturated rings. The third-order valence-electron chi connectivity index (χ3n) is 4.54. The molecule has 1 aromatic carbocycles. The Bertz CT molecular complexity index is 668. The number of carbonyl (C=O) groups is 1. The lowest BCUT2D eigenvalue weighted by Gasteiger charge is -2.28. The second-order valence-electron chi connectivity index (χ2n) is 6.26. The van der Waals surface area contributed by atoms with Crippen LogP contribution >= 0.6 is 0 Å². The summed E-state index contributed by atoms with van der Waals surface area (Å²) in [6, 6.07) is 7.91. The van der Waals surface area contributed by atoms with Crippen molar-refractivity contribution in [3.8, 4) is 0 Å². The van der Waals surface area contributed by atoms with Gasteiger partial charge in [0.15, 0.2) is 0 Å². The van der Waals surface area contributed by atoms with Crippen molar-refractivity contribution in [2.75, 3.05) is 13.6 Å². The van der Waals surface area contributed by atoms with Gasteiger partial charge in [0.2, 0.25) is 0 Å². The smallest absolute Gasteiger partial charge is 0.255 e. The Kier molecular flexibility index (Phi) is 3.49. The Morgan fingerprint density at radius 3 is 2.71 bits per heavy atom. The summed E-state index contributed by atoms with van der Waals surface area (Å²) in [5.74, 6) is -0.0212. The average molecular weight is 286 g/mol. The van der Waals surface area contributed by atoms with Crippen molar-refractivity contribution in [1.82, 2.24) is 9.47 Å². The number of nitrogens with zero attached hydrogens (tertiary/aromatic N) is 2. The van der Waals surface area contributed by atoms with Crippen LogP contribution in [-0.4, -0.2) is 39.7 Å². The topological polar surface area (TPSA) is 45.5 Å². The number of amides is 1. The van der Waals surface area contributed by atoms with E-state index in [0.717, 1.165) is 36.6 Å². The summed E-state index contributed by atoms with van der Waals surface area (Å²) < 4.78 is 1.97. The van der Waals surface area contributed by atoms with E-state index in [1.54, 1.807) is 11.9 Å². The van der Waals surface area contributed by atoms with Crippen molar-refractivity contribution in [2.45, 2.75) is 31.3 Å². The standard InChI is InChI=1S/C17H22N2O2/c1-18-11-14(13-7-3-4-8-15(13)18)16(20)19(2)12-17(21)9-5-6-10-17/h3-4,7-8,11,21H,5-6,9-10,12H2,1-2H3. The third kappa shape index (κ3) is 2.56. The number of benzene rings is 1. The SMILES string of the molecule is CN(CC1(O)CCCC1)C(=O)c1cn(C)c2ccccc12. The molecule has 21 heavy (non-hydrogen) atoms. The van der Waals surface area contributed by atoms with E-state index in [4.69, 9.17) is 0 Å². The fourth-order valence-corrected chi connectivity index (χ4v) is 3.42. The lowest BCUT2D eigenvalue weighted by atomic mass is 10.0. The second kappa shape index (κ2) is 5.19. The fraction of sp³-hybridized carbons (Fsp3) is 0.471. The average Bonchev–Trinajstić information content (AvgIpc) is 3.03. The number of aryl methyl sites for hydroxylation is 1. The molecule has 1 heterocycles. The Labute approximate surface area is 125 Å². The van der Waals surface area contributed by atoms with Crippen LogP contribution in [0, 0.1) is 0 Å². The molecule has 0 atom stereocenters. The maximum Gasteiger partial charge on any atom is 0.255 e. The Morgan fingerprint density at radius 2 is 2.00 bits per heavy atom. The molecule has 4 nitrogen and oxygen atoms in total. The van der Waals surface area contributed by atoms with Gasteiger partial charge in [-0.2, -0.15) is 0 Å². The molecule has 0 aliphatic heterocycles. The van der Waals surface area contributed by atoms with Gasteiger partial charge >= 0.3 is 0 Å². The van der Waals surface area contributed by atoms with Crippen LogP contribution in [0.1, 0.15) is 36.0 Å². The molecule has 3 rings (SSSR count). The van der Waals surface area contributed by atoms with Crippen LogP contribution in [-0.2, 0) is 7.05 Å². The summed E-state index contributed by atoms with van der Waals surface area (Å²) in [5, 5.41) is 11.4. The number of fused-ring (bicyclic) bond motifs is 1. The Hall–Kier alpha value is -1.81. The first-order valence-electron chi connectivity index (χ1n) is 7.52. The summed E-state index contributed by atoms with van der Waals surface area (Å²) in [4.78, 5) is 14.4. The van der Waals surface area contributed by atoms with Crippen LogP contribution in [0.3, 0.4) is 0 Å². The van der Waals surface area contributed by atoms with E-state index in [-0.39, 0.29) is 5.91 Å². The van der Waals surface area contributed by atoms with E-state index >= 15 is 0 Å². The van der Waals surface area contributed by atoms with Gasteiger partial charge in [0.1, 0.15) is 0 Å². The Balaban J connectivity index is 1.86. The zero-order chi connectivity index (χ0) is 15.0. The highest BCUT2D eigenvalue weighted by Crippen LogP contribution is 2.30. The van der Waals surface area contributed by atoms with Gasteiger partial charge in [-0.25, -0.2) is 0 Å². The van der Waals surface area contributed by atoms with E-state index < -0.39 is 5.60 Å². The monoisotopic (exact) mass is 286 g/mol. The first kappa shape index (κ1) is 14.1. The number of carbonyl (C=O) groups excluding carboxylic acids is 1. The summed E-state index contributed by atoms with van der Waals surface area (Å²) in [7, 11) is 3.73. The van der Waals surface area contributed by atoms with Gasteiger partial charge in [0.25, 0.3) is 5.91 Å². The van der Waals surface area contributed by atoms with Gasteiger partial charge < -0.3 is 14.6 Å². The predicted octanol–water partition coefficient (Wildman–Crippen LogP) is 2.56. The zero-order valence-corrected chi connectivity index (χ0v) is 12.7. The van der Waals surface area contributed by atoms with Crippen LogP contribution in [0.5, 0.6) is 0 Å². The molecule has 0 radical (unpaired) electrons. The molecule has 1 N–H and O–H groups in total. The molecule has 112 valence electrons. The maximum absolute atomic E-state index is 12.7. The number of hydrogen-bond acceptors (Lipinski definition) is 2. The molecule has 1 saturated carbocycles. The van der Waals surface area contributed by atoms with Crippen LogP contribution in [0.15, 0.2) is 30.5 Å². The molecule has 1 amide bonds. The number of hydrogen-bond donors (Lipinski definition) is 1. The third-order valence-corrected chi connectivity index (χ3v) is 4.54. The highest BCUT2D eigenvalue weighted by atomic mass is 16.3. The van der Waals surface area contributed by atoms with Crippen molar-refractivity contribution in [2.24, 2.45) is 7.05 Å². The van der Waals surface area contributed by atoms with Gasteiger partial charge in [-0.05, 0) is 18.9 Å². The van der Waals surface area contributed by atoms with E-state index in [2.05, 4.69) is 0 Å². The number of rotatable bonds is 3. The predicted molar refractivity (Wildman–Crippen MR) is 83.3 cm³/mol. The Morgan fingerprint density at radius 1 is 1.33 bits per heavy atom. The lowest BCUT2D eigenvalue weighted by Crippen LogP contribution is -2.42. The first-order valence-corrected chi connectivity index (χ1v) is 7.52. The minimum absolute atomic E-state index is 0.0212. The molecule has 1 aliphatic carbocycles. The van der Waals surface area contributed by atoms with E-state index in [1.165, 1.54) is 0 Å². The first-order chi connectivity index (χ1) is 10.0. The van der Waals surface area contributed by atoms with Crippen molar-refractivity contribution >= 4 is 16.8 Å². The second-order valence-corrected chi connectivity index (χ2v) is 6.26. The van der Waals surface area contributed by atoms with Crippen LogP contribution in [0.4, 0.5) is 0 Å². The molecule has 0 unspecified atom stereocenters. The zero-order valence-electron chi connectivity index (χ0n) is 12.7. The van der Waals surface area contributed by atoms with Gasteiger partial charge in [0.05, 0.1) is 11.2 Å². The summed E-state index contributed by atoms with van der Waals surface area (Å²) in [5.41, 5.74) is 1.06. The quantitative estimate of drug-likeness (QED) is 0.942. The molecule has 2 aromatic rings. The highest BCUT2D eigenvalue weighted by Gasteiger charge is 2.34. The van der Waals surface area contributed by atoms with Crippen LogP contribution in [0.25, 0.3) is 10.9 Å². The fourth-order valence-electron chi connectivity index (χ4n) is 3.42. The summed E-state index contributed by atoms with van der Waals surface area (Å²) in [6.07, 6.45) is 5.56. The minimum Gasteiger partial charge on any atom is -0.388 e. The normalized spacial score (nSPS) is 17.3. The lowest BCUT2D eigenvalue weighted by molar-refractivity contribution is 0.0157. The van der Waals surface area contributed by atoms with Crippen LogP contribution < -0.4 is 0 Å². The number of aliphatic hydroxyl groups is 1. The molecule has 0 saturated heterocycles. The maximum atomic E-state index is 12.7. The van der Waals surface area contributed by atoms with E-state index in [1.807, 2.05) is 42.1 Å². The summed E-state index contributed by atoms with van der Waals surface area (Å²) in [6.45, 7) is 0.412. The van der Waals surface area contributed by atoms with Crippen molar-refractivity contribution in [1.29, 1.82) is 0 Å². The number of likely N-dealkylation sites (N-methyl/N-ethyl adjacent to an activating group) is 1. The molecule has 4 heteroatoms. The molecular formula is C17H22N2O2. The molecule has 1 aliphatic rings. The van der Waals surface area contributed by atoms with Crippen molar-refractivity contribution in [3.05, 3.63) is 36.0 Å². The number of aromatic nitrogens is 1. The van der Waals surface area contributed by atoms with Crippen molar-refractivity contribution in [3.63, 3.8) is 0 Å².